The molecule has 9 heavy (non-hydrogen) atoms. The van der Waals surface area contributed by atoms with Crippen LogP contribution in [0.2, 0.25) is 0 Å². The molecule has 0 saturated carbocycles. The first kappa shape index (κ1) is 5.70. The van der Waals surface area contributed by atoms with Crippen LogP contribution in [-0.4, -0.2) is 0 Å². The Morgan fingerprint density at radius 2 is 1.89 bits per heavy atom. The SMILES string of the molecule is C#[N+]c1c(C)c(=O)c1=O. The second kappa shape index (κ2) is 1.52. The molecule has 0 aliphatic rings. The van der Waals surface area contributed by atoms with E-state index in [9.17, 15) is 9.59 Å². The molecule has 0 aliphatic carbocycles. The predicted molar refractivity (Wildman–Crippen MR) is 34.1 cm³/mol. The molecule has 0 saturated heterocycles. The van der Waals surface area contributed by atoms with Crippen LogP contribution in [0.25, 0.3) is 4.85 Å². The molecule has 0 radical (unpaired) electrons. The molecule has 44 valence electrons. The maximum Gasteiger partial charge on any atom is 0.397 e. The number of nitrogens with zero attached hydrogens (tertiary/aromatic N) is 1. The minimum absolute atomic E-state index is 0.111. The summed E-state index contributed by atoms with van der Waals surface area (Å²) < 4.78 is 0. The molecule has 1 rings (SSSR count). The molecule has 0 fully saturated rings. The normalized spacial score (nSPS) is 9.33. The van der Waals surface area contributed by atoms with Crippen molar-refractivity contribution in [2.45, 2.75) is 6.92 Å². The molecule has 0 spiro atoms. The number of hydrogen-bond donors (Lipinski definition) is 0. The third-order valence-electron chi connectivity index (χ3n) is 1.25. The first-order valence-electron chi connectivity index (χ1n) is 2.39. The Labute approximate surface area is 51.1 Å². The Morgan fingerprint density at radius 1 is 1.33 bits per heavy atom. The van der Waals surface area contributed by atoms with Crippen molar-refractivity contribution in [1.29, 1.82) is 0 Å². The highest BCUT2D eigenvalue weighted by Gasteiger charge is 2.24. The van der Waals surface area contributed by atoms with Gasteiger partial charge in [0.05, 0.1) is 5.56 Å². The van der Waals surface area contributed by atoms with Crippen LogP contribution in [0.4, 0.5) is 5.69 Å². The van der Waals surface area contributed by atoms with Gasteiger partial charge in [0.2, 0.25) is 5.43 Å². The van der Waals surface area contributed by atoms with Crippen molar-refractivity contribution in [2.75, 3.05) is 0 Å². The van der Waals surface area contributed by atoms with Crippen LogP contribution in [-0.2, 0) is 0 Å². The highest BCUT2D eigenvalue weighted by molar-refractivity contribution is 5.56. The third kappa shape index (κ3) is 0.500. The van der Waals surface area contributed by atoms with Gasteiger partial charge in [0.15, 0.2) is 0 Å². The van der Waals surface area contributed by atoms with Crippen LogP contribution in [0.3, 0.4) is 0 Å². The summed E-state index contributed by atoms with van der Waals surface area (Å²) in [5, 5.41) is 0. The third-order valence-corrected chi connectivity index (χ3v) is 1.25. The highest BCUT2D eigenvalue weighted by atomic mass is 16.2. The Kier molecular flexibility index (Phi) is 0.965. The molecule has 0 aliphatic heterocycles. The van der Waals surface area contributed by atoms with E-state index in [-0.39, 0.29) is 5.69 Å². The topological polar surface area (TPSA) is 38.5 Å². The van der Waals surface area contributed by atoms with E-state index in [0.29, 0.717) is 5.56 Å². The average Bonchev–Trinajstić information content (AvgIpc) is 1.89. The fourth-order valence-corrected chi connectivity index (χ4v) is 0.649. The van der Waals surface area contributed by atoms with E-state index in [4.69, 9.17) is 6.57 Å². The van der Waals surface area contributed by atoms with Gasteiger partial charge in [0, 0.05) is 0 Å². The standard InChI is InChI=1S/C6H4NO2/c1-3-4(7-2)6(9)5(3)8/h2H,1H3/q+1. The lowest BCUT2D eigenvalue weighted by Crippen LogP contribution is -2.32. The lowest BCUT2D eigenvalue weighted by atomic mass is 10.1. The summed E-state index contributed by atoms with van der Waals surface area (Å²) in [6.45, 7) is 6.29. The molecule has 0 unspecified atom stereocenters. The van der Waals surface area contributed by atoms with Gasteiger partial charge in [0.1, 0.15) is 0 Å². The van der Waals surface area contributed by atoms with Gasteiger partial charge in [-0.1, -0.05) is 0 Å². The first-order valence-corrected chi connectivity index (χ1v) is 2.39. The molecule has 1 aromatic carbocycles. The van der Waals surface area contributed by atoms with E-state index in [1.54, 1.807) is 0 Å². The van der Waals surface area contributed by atoms with E-state index in [1.807, 2.05) is 0 Å². The van der Waals surface area contributed by atoms with E-state index in [2.05, 4.69) is 4.85 Å². The van der Waals surface area contributed by atoms with Crippen molar-refractivity contribution >= 4 is 5.69 Å². The van der Waals surface area contributed by atoms with E-state index >= 15 is 0 Å². The molecule has 0 atom stereocenters. The second-order valence-electron chi connectivity index (χ2n) is 1.76. The minimum atomic E-state index is -0.574. The average molecular weight is 122 g/mol. The largest absolute Gasteiger partial charge is 0.397 e. The van der Waals surface area contributed by atoms with Crippen molar-refractivity contribution in [3.8, 4) is 6.57 Å². The van der Waals surface area contributed by atoms with E-state index in [1.165, 1.54) is 6.92 Å². The van der Waals surface area contributed by atoms with Crippen LogP contribution in [0, 0.1) is 13.5 Å². The number of hydrogen-bond acceptors (Lipinski definition) is 2. The van der Waals surface area contributed by atoms with Gasteiger partial charge in [-0.05, 0) is 11.8 Å². The van der Waals surface area contributed by atoms with Crippen LogP contribution in [0.5, 0.6) is 0 Å². The molecule has 0 aromatic heterocycles. The van der Waals surface area contributed by atoms with Gasteiger partial charge < -0.3 is 0 Å². The van der Waals surface area contributed by atoms with E-state index < -0.39 is 10.9 Å². The monoisotopic (exact) mass is 122 g/mol. The van der Waals surface area contributed by atoms with Crippen molar-refractivity contribution in [2.24, 2.45) is 0 Å². The lowest BCUT2D eigenvalue weighted by molar-refractivity contribution is 1.30. The van der Waals surface area contributed by atoms with Crippen LogP contribution < -0.4 is 10.9 Å². The molecule has 3 nitrogen and oxygen atoms in total. The molecule has 0 heterocycles. The molecular formula is C6H4NO2+. The molecule has 1 aromatic rings. The fourth-order valence-electron chi connectivity index (χ4n) is 0.649. The highest BCUT2D eigenvalue weighted by Crippen LogP contribution is 2.07. The summed E-state index contributed by atoms with van der Waals surface area (Å²) in [4.78, 5) is 23.9. The van der Waals surface area contributed by atoms with Crippen molar-refractivity contribution < 1.29 is 0 Å². The maximum atomic E-state index is 10.4. The minimum Gasteiger partial charge on any atom is -0.285 e. The van der Waals surface area contributed by atoms with Gasteiger partial charge >= 0.3 is 11.1 Å². The predicted octanol–water partition coefficient (Wildman–Crippen LogP) is 0.185. The maximum absolute atomic E-state index is 10.4. The van der Waals surface area contributed by atoms with Crippen molar-refractivity contribution in [3.63, 3.8) is 0 Å². The van der Waals surface area contributed by atoms with Gasteiger partial charge in [-0.25, -0.2) is 0 Å². The lowest BCUT2D eigenvalue weighted by Gasteiger charge is -1.84. The zero-order valence-electron chi connectivity index (χ0n) is 4.84. The second-order valence-corrected chi connectivity index (χ2v) is 1.76. The Bertz CT molecular complexity index is 349. The molecule has 0 amide bonds. The van der Waals surface area contributed by atoms with Crippen molar-refractivity contribution in [3.05, 3.63) is 30.9 Å². The quantitative estimate of drug-likeness (QED) is 0.460. The van der Waals surface area contributed by atoms with Crippen molar-refractivity contribution in [1.82, 2.24) is 0 Å². The fraction of sp³-hybridized carbons (Fsp3) is 0.167. The Balaban J connectivity index is 3.48. The van der Waals surface area contributed by atoms with Gasteiger partial charge in [-0.2, -0.15) is 0 Å². The zero-order valence-corrected chi connectivity index (χ0v) is 4.84. The number of rotatable bonds is 0. The molecular weight excluding hydrogens is 118 g/mol. The molecule has 0 bridgehead atoms. The zero-order chi connectivity index (χ0) is 7.02. The Hall–Kier alpha value is -1.43. The van der Waals surface area contributed by atoms with Crippen LogP contribution in [0.15, 0.2) is 9.59 Å². The summed E-state index contributed by atoms with van der Waals surface area (Å²) >= 11 is 0. The van der Waals surface area contributed by atoms with Gasteiger partial charge in [-0.15, -0.1) is 0 Å². The Morgan fingerprint density at radius 3 is 2.11 bits per heavy atom. The summed E-state index contributed by atoms with van der Waals surface area (Å²) in [7, 11) is 0. The van der Waals surface area contributed by atoms with Crippen LogP contribution in [0.1, 0.15) is 5.56 Å². The smallest absolute Gasteiger partial charge is 0.285 e. The van der Waals surface area contributed by atoms with Gasteiger partial charge in [-0.3, -0.25) is 9.59 Å². The molecule has 0 N–H and O–H groups in total. The summed E-state index contributed by atoms with van der Waals surface area (Å²) in [5.74, 6) is 0. The van der Waals surface area contributed by atoms with Gasteiger partial charge in [0.25, 0.3) is 6.57 Å². The molecule has 3 heteroatoms. The summed E-state index contributed by atoms with van der Waals surface area (Å²) in [5.41, 5.74) is -0.572. The first-order chi connectivity index (χ1) is 4.18. The summed E-state index contributed by atoms with van der Waals surface area (Å²) in [6, 6.07) is 0. The summed E-state index contributed by atoms with van der Waals surface area (Å²) in [6.07, 6.45) is 0. The van der Waals surface area contributed by atoms with Crippen LogP contribution >= 0.6 is 0 Å². The van der Waals surface area contributed by atoms with E-state index in [0.717, 1.165) is 0 Å².